The van der Waals surface area contributed by atoms with Crippen LogP contribution in [0, 0.1) is 0 Å². The van der Waals surface area contributed by atoms with E-state index >= 15 is 0 Å². The first-order chi connectivity index (χ1) is 6.41. The van der Waals surface area contributed by atoms with E-state index in [9.17, 15) is 4.39 Å². The Morgan fingerprint density at radius 2 is 1.46 bits per heavy atom. The van der Waals surface area contributed by atoms with Crippen LogP contribution in [0.3, 0.4) is 0 Å². The quantitative estimate of drug-likeness (QED) is 0.363. The zero-order valence-corrected chi connectivity index (χ0v) is 8.90. The van der Waals surface area contributed by atoms with Gasteiger partial charge in [0, 0.05) is 0 Å². The van der Waals surface area contributed by atoms with Gasteiger partial charge in [-0.3, -0.25) is 4.39 Å². The zero-order valence-electron chi connectivity index (χ0n) is 8.90. The van der Waals surface area contributed by atoms with E-state index in [0.29, 0.717) is 0 Å². The Labute approximate surface area is 82.2 Å². The maximum absolute atomic E-state index is 11.7. The number of hydrogen-bond acceptors (Lipinski definition) is 0. The van der Waals surface area contributed by atoms with E-state index in [4.69, 9.17) is 0 Å². The summed E-state index contributed by atoms with van der Waals surface area (Å²) in [7, 11) is 0. The van der Waals surface area contributed by atoms with Crippen LogP contribution in [0.2, 0.25) is 0 Å². The van der Waals surface area contributed by atoms with E-state index < -0.39 is 0 Å². The van der Waals surface area contributed by atoms with Crippen LogP contribution in [-0.4, -0.2) is 6.67 Å². The third kappa shape index (κ3) is 11.7. The minimum absolute atomic E-state index is 0.146. The summed E-state index contributed by atoms with van der Waals surface area (Å²) < 4.78 is 11.7. The fourth-order valence-electron chi connectivity index (χ4n) is 1.27. The SMILES string of the molecule is CCCCC=CCCCCCCF. The lowest BCUT2D eigenvalue weighted by Gasteiger charge is -1.95. The van der Waals surface area contributed by atoms with Gasteiger partial charge in [-0.25, -0.2) is 0 Å². The summed E-state index contributed by atoms with van der Waals surface area (Å²) in [5.41, 5.74) is 0. The Balaban J connectivity index is 2.93. The number of rotatable bonds is 9. The third-order valence-corrected chi connectivity index (χ3v) is 2.15. The molecule has 0 aliphatic heterocycles. The Morgan fingerprint density at radius 1 is 0.846 bits per heavy atom. The lowest BCUT2D eigenvalue weighted by Crippen LogP contribution is -1.78. The molecule has 0 heterocycles. The molecule has 0 aliphatic carbocycles. The predicted octanol–water partition coefficient (Wildman–Crippen LogP) is 4.65. The van der Waals surface area contributed by atoms with Gasteiger partial charge in [-0.2, -0.15) is 0 Å². The molecule has 0 aromatic carbocycles. The summed E-state index contributed by atoms with van der Waals surface area (Å²) in [5.74, 6) is 0. The first-order valence-corrected chi connectivity index (χ1v) is 5.62. The van der Waals surface area contributed by atoms with Crippen molar-refractivity contribution in [2.45, 2.75) is 58.3 Å². The molecule has 0 fully saturated rings. The number of unbranched alkanes of at least 4 members (excludes halogenated alkanes) is 6. The van der Waals surface area contributed by atoms with Crippen molar-refractivity contribution in [1.82, 2.24) is 0 Å². The summed E-state index contributed by atoms with van der Waals surface area (Å²) >= 11 is 0. The fraction of sp³-hybridized carbons (Fsp3) is 0.833. The molecule has 0 nitrogen and oxygen atoms in total. The Morgan fingerprint density at radius 3 is 2.08 bits per heavy atom. The maximum Gasteiger partial charge on any atom is 0.0894 e. The van der Waals surface area contributed by atoms with Gasteiger partial charge in [0.15, 0.2) is 0 Å². The monoisotopic (exact) mass is 186 g/mol. The van der Waals surface area contributed by atoms with Crippen LogP contribution in [0.4, 0.5) is 4.39 Å². The van der Waals surface area contributed by atoms with Crippen molar-refractivity contribution in [2.24, 2.45) is 0 Å². The largest absolute Gasteiger partial charge is 0.251 e. The van der Waals surface area contributed by atoms with Crippen molar-refractivity contribution < 1.29 is 4.39 Å². The Hall–Kier alpha value is -0.330. The van der Waals surface area contributed by atoms with Crippen molar-refractivity contribution in [3.63, 3.8) is 0 Å². The van der Waals surface area contributed by atoms with Gasteiger partial charge in [-0.15, -0.1) is 0 Å². The molecule has 0 unspecified atom stereocenters. The topological polar surface area (TPSA) is 0 Å². The molecular formula is C12H23F. The van der Waals surface area contributed by atoms with E-state index in [0.717, 1.165) is 12.8 Å². The van der Waals surface area contributed by atoms with Crippen molar-refractivity contribution in [3.05, 3.63) is 12.2 Å². The normalized spacial score (nSPS) is 11.2. The fourth-order valence-corrected chi connectivity index (χ4v) is 1.27. The summed E-state index contributed by atoms with van der Waals surface area (Å²) in [5, 5.41) is 0. The lowest BCUT2D eigenvalue weighted by molar-refractivity contribution is 0.453. The summed E-state index contributed by atoms with van der Waals surface area (Å²) in [6, 6.07) is 0. The predicted molar refractivity (Wildman–Crippen MR) is 57.7 cm³/mol. The van der Waals surface area contributed by atoms with E-state index in [1.165, 1.54) is 38.5 Å². The van der Waals surface area contributed by atoms with Crippen molar-refractivity contribution in [1.29, 1.82) is 0 Å². The molecule has 0 saturated carbocycles. The average Bonchev–Trinajstić information content (AvgIpc) is 2.16. The van der Waals surface area contributed by atoms with Crippen LogP contribution in [0.25, 0.3) is 0 Å². The number of halogens is 1. The highest BCUT2D eigenvalue weighted by molar-refractivity contribution is 4.80. The van der Waals surface area contributed by atoms with Gasteiger partial charge in [0.1, 0.15) is 0 Å². The molecule has 0 N–H and O–H groups in total. The highest BCUT2D eigenvalue weighted by Gasteiger charge is 1.87. The maximum atomic E-state index is 11.7. The van der Waals surface area contributed by atoms with E-state index in [1.807, 2.05) is 0 Å². The smallest absolute Gasteiger partial charge is 0.0894 e. The second-order valence-electron chi connectivity index (χ2n) is 3.51. The number of hydrogen-bond donors (Lipinski definition) is 0. The van der Waals surface area contributed by atoms with Gasteiger partial charge >= 0.3 is 0 Å². The third-order valence-electron chi connectivity index (χ3n) is 2.15. The van der Waals surface area contributed by atoms with Crippen LogP contribution < -0.4 is 0 Å². The number of allylic oxidation sites excluding steroid dienone is 2. The minimum Gasteiger partial charge on any atom is -0.251 e. The van der Waals surface area contributed by atoms with Crippen LogP contribution in [0.1, 0.15) is 58.3 Å². The minimum atomic E-state index is -0.146. The van der Waals surface area contributed by atoms with Gasteiger partial charge in [-0.05, 0) is 25.7 Å². The molecule has 0 aromatic rings. The number of alkyl halides is 1. The standard InChI is InChI=1S/C12H23F/c1-2-3-4-5-6-7-8-9-10-11-12-13/h5-6H,2-4,7-12H2,1H3. The van der Waals surface area contributed by atoms with Crippen LogP contribution in [0.15, 0.2) is 12.2 Å². The van der Waals surface area contributed by atoms with Gasteiger partial charge in [0.2, 0.25) is 0 Å². The van der Waals surface area contributed by atoms with Crippen molar-refractivity contribution >= 4 is 0 Å². The molecule has 0 atom stereocenters. The van der Waals surface area contributed by atoms with Crippen LogP contribution >= 0.6 is 0 Å². The molecule has 0 spiro atoms. The van der Waals surface area contributed by atoms with E-state index in [-0.39, 0.29) is 6.67 Å². The highest BCUT2D eigenvalue weighted by atomic mass is 19.1. The zero-order chi connectivity index (χ0) is 9.78. The van der Waals surface area contributed by atoms with Gasteiger partial charge in [0.25, 0.3) is 0 Å². The molecule has 0 bridgehead atoms. The molecule has 13 heavy (non-hydrogen) atoms. The first-order valence-electron chi connectivity index (χ1n) is 5.62. The molecule has 0 amide bonds. The lowest BCUT2D eigenvalue weighted by atomic mass is 10.1. The summed E-state index contributed by atoms with van der Waals surface area (Å²) in [4.78, 5) is 0. The van der Waals surface area contributed by atoms with Crippen LogP contribution in [0.5, 0.6) is 0 Å². The molecule has 0 radical (unpaired) electrons. The highest BCUT2D eigenvalue weighted by Crippen LogP contribution is 2.04. The average molecular weight is 186 g/mol. The molecule has 78 valence electrons. The second-order valence-corrected chi connectivity index (χ2v) is 3.51. The van der Waals surface area contributed by atoms with Crippen molar-refractivity contribution in [2.75, 3.05) is 6.67 Å². The van der Waals surface area contributed by atoms with Crippen molar-refractivity contribution in [3.8, 4) is 0 Å². The Bertz CT molecular complexity index is 108. The molecule has 1 heteroatoms. The molecule has 0 aromatic heterocycles. The molecular weight excluding hydrogens is 163 g/mol. The molecule has 0 saturated heterocycles. The summed E-state index contributed by atoms with van der Waals surface area (Å²) in [6.07, 6.45) is 13.7. The second kappa shape index (κ2) is 11.7. The summed E-state index contributed by atoms with van der Waals surface area (Å²) in [6.45, 7) is 2.07. The van der Waals surface area contributed by atoms with E-state index in [1.54, 1.807) is 0 Å². The first kappa shape index (κ1) is 12.7. The molecule has 0 rings (SSSR count). The van der Waals surface area contributed by atoms with E-state index in [2.05, 4.69) is 19.1 Å². The van der Waals surface area contributed by atoms with Gasteiger partial charge in [-0.1, -0.05) is 44.8 Å². The van der Waals surface area contributed by atoms with Gasteiger partial charge in [0.05, 0.1) is 6.67 Å². The van der Waals surface area contributed by atoms with Crippen LogP contribution in [-0.2, 0) is 0 Å². The molecule has 0 aliphatic rings. The van der Waals surface area contributed by atoms with Gasteiger partial charge < -0.3 is 0 Å². The Kier molecular flexibility index (Phi) is 11.4.